The number of anilines is 3. The zero-order chi connectivity index (χ0) is 14.3. The fraction of sp³-hybridized carbons (Fsp3) is 0.583. The lowest BCUT2D eigenvalue weighted by Crippen LogP contribution is -2.33. The molecule has 1 atom stereocenters. The molecule has 0 aliphatic heterocycles. The van der Waals surface area contributed by atoms with E-state index in [4.69, 9.17) is 5.73 Å². The number of amides is 1. The summed E-state index contributed by atoms with van der Waals surface area (Å²) in [6, 6.07) is 1.95. The first-order valence-corrected chi connectivity index (χ1v) is 6.40. The first kappa shape index (κ1) is 15.0. The summed E-state index contributed by atoms with van der Waals surface area (Å²) >= 11 is 0. The standard InChI is InChI=1S/C12H22N6O/c1-4-8(2)16-11(19)5-6-15-10-7-9(14-3)17-12(13)18-10/h7-8H,4-6H2,1-3H3,(H,16,19)(H4,13,14,15,17,18). The number of nitrogens with two attached hydrogens (primary N) is 1. The third-order valence-corrected chi connectivity index (χ3v) is 2.68. The van der Waals surface area contributed by atoms with E-state index in [1.54, 1.807) is 13.1 Å². The summed E-state index contributed by atoms with van der Waals surface area (Å²) in [6.45, 7) is 4.52. The summed E-state index contributed by atoms with van der Waals surface area (Å²) in [4.78, 5) is 19.6. The third kappa shape index (κ3) is 5.41. The van der Waals surface area contributed by atoms with Crippen LogP contribution in [0.4, 0.5) is 17.6 Å². The predicted octanol–water partition coefficient (Wildman–Crippen LogP) is 0.817. The number of rotatable bonds is 7. The van der Waals surface area contributed by atoms with E-state index in [-0.39, 0.29) is 17.9 Å². The number of nitrogen functional groups attached to an aromatic ring is 1. The summed E-state index contributed by atoms with van der Waals surface area (Å²) in [5, 5.41) is 8.84. The van der Waals surface area contributed by atoms with E-state index in [2.05, 4.69) is 25.9 Å². The van der Waals surface area contributed by atoms with Gasteiger partial charge in [0.05, 0.1) is 0 Å². The molecule has 5 N–H and O–H groups in total. The van der Waals surface area contributed by atoms with Crippen molar-refractivity contribution < 1.29 is 4.79 Å². The molecule has 0 saturated heterocycles. The fourth-order valence-electron chi connectivity index (χ4n) is 1.44. The predicted molar refractivity (Wildman–Crippen MR) is 77.0 cm³/mol. The number of aromatic nitrogens is 2. The van der Waals surface area contributed by atoms with Gasteiger partial charge in [0.1, 0.15) is 11.6 Å². The van der Waals surface area contributed by atoms with Crippen molar-refractivity contribution >= 4 is 23.5 Å². The highest BCUT2D eigenvalue weighted by Gasteiger charge is 2.06. The van der Waals surface area contributed by atoms with E-state index in [1.807, 2.05) is 13.8 Å². The van der Waals surface area contributed by atoms with Crippen molar-refractivity contribution in [3.8, 4) is 0 Å². The Labute approximate surface area is 113 Å². The van der Waals surface area contributed by atoms with Gasteiger partial charge in [-0.1, -0.05) is 6.92 Å². The molecule has 0 aliphatic rings. The first-order valence-electron chi connectivity index (χ1n) is 6.40. The smallest absolute Gasteiger partial charge is 0.223 e. The largest absolute Gasteiger partial charge is 0.373 e. The quantitative estimate of drug-likeness (QED) is 0.582. The van der Waals surface area contributed by atoms with Gasteiger partial charge in [-0.15, -0.1) is 0 Å². The normalized spacial score (nSPS) is 11.7. The van der Waals surface area contributed by atoms with Crippen LogP contribution < -0.4 is 21.7 Å². The second-order valence-electron chi connectivity index (χ2n) is 4.30. The van der Waals surface area contributed by atoms with Gasteiger partial charge >= 0.3 is 0 Å². The molecule has 1 heterocycles. The zero-order valence-electron chi connectivity index (χ0n) is 11.7. The minimum atomic E-state index is 0.0257. The Balaban J connectivity index is 2.40. The molecule has 1 amide bonds. The average molecular weight is 266 g/mol. The lowest BCUT2D eigenvalue weighted by molar-refractivity contribution is -0.121. The Bertz CT molecular complexity index is 423. The maximum absolute atomic E-state index is 11.6. The molecule has 0 bridgehead atoms. The van der Waals surface area contributed by atoms with E-state index in [9.17, 15) is 4.79 Å². The molecule has 7 heteroatoms. The lowest BCUT2D eigenvalue weighted by Gasteiger charge is -2.12. The summed E-state index contributed by atoms with van der Waals surface area (Å²) in [7, 11) is 1.76. The topological polar surface area (TPSA) is 105 Å². The minimum absolute atomic E-state index is 0.0257. The summed E-state index contributed by atoms with van der Waals surface area (Å²) in [5.41, 5.74) is 5.57. The molecule has 0 radical (unpaired) electrons. The van der Waals surface area contributed by atoms with Crippen LogP contribution in [-0.2, 0) is 4.79 Å². The fourth-order valence-corrected chi connectivity index (χ4v) is 1.44. The molecule has 0 aliphatic carbocycles. The van der Waals surface area contributed by atoms with Crippen LogP contribution >= 0.6 is 0 Å². The molecule has 1 unspecified atom stereocenters. The second-order valence-corrected chi connectivity index (χ2v) is 4.30. The molecule has 1 aromatic rings. The second kappa shape index (κ2) is 7.40. The van der Waals surface area contributed by atoms with Gasteiger partial charge in [0, 0.05) is 32.1 Å². The minimum Gasteiger partial charge on any atom is -0.373 e. The van der Waals surface area contributed by atoms with Gasteiger partial charge in [-0.3, -0.25) is 4.79 Å². The monoisotopic (exact) mass is 266 g/mol. The Hall–Kier alpha value is -2.05. The number of nitrogens with zero attached hydrogens (tertiary/aromatic N) is 2. The number of nitrogens with one attached hydrogen (secondary N) is 3. The van der Waals surface area contributed by atoms with Gasteiger partial charge in [-0.05, 0) is 13.3 Å². The third-order valence-electron chi connectivity index (χ3n) is 2.68. The Morgan fingerprint density at radius 1 is 1.42 bits per heavy atom. The van der Waals surface area contributed by atoms with Crippen LogP contribution in [0.25, 0.3) is 0 Å². The summed E-state index contributed by atoms with van der Waals surface area (Å²) in [5.74, 6) is 1.46. The van der Waals surface area contributed by atoms with Crippen LogP contribution in [0.1, 0.15) is 26.7 Å². The molecule has 1 rings (SSSR count). The van der Waals surface area contributed by atoms with Crippen molar-refractivity contribution in [1.82, 2.24) is 15.3 Å². The van der Waals surface area contributed by atoms with Crippen LogP contribution in [0.2, 0.25) is 0 Å². The molecule has 1 aromatic heterocycles. The maximum atomic E-state index is 11.6. The molecule has 0 saturated carbocycles. The van der Waals surface area contributed by atoms with Crippen LogP contribution in [0.3, 0.4) is 0 Å². The molecular weight excluding hydrogens is 244 g/mol. The van der Waals surface area contributed by atoms with Gasteiger partial charge in [-0.25, -0.2) is 0 Å². The van der Waals surface area contributed by atoms with Crippen molar-refractivity contribution in [3.05, 3.63) is 6.07 Å². The average Bonchev–Trinajstić information content (AvgIpc) is 2.37. The van der Waals surface area contributed by atoms with Crippen molar-refractivity contribution in [2.24, 2.45) is 0 Å². The van der Waals surface area contributed by atoms with Crippen LogP contribution in [-0.4, -0.2) is 35.5 Å². The highest BCUT2D eigenvalue weighted by molar-refractivity contribution is 5.76. The molecule has 0 spiro atoms. The van der Waals surface area contributed by atoms with Gasteiger partial charge < -0.3 is 21.7 Å². The maximum Gasteiger partial charge on any atom is 0.223 e. The van der Waals surface area contributed by atoms with Gasteiger partial charge in [-0.2, -0.15) is 9.97 Å². The van der Waals surface area contributed by atoms with E-state index in [0.29, 0.717) is 24.6 Å². The number of carbonyl (C=O) groups is 1. The van der Waals surface area contributed by atoms with Crippen molar-refractivity contribution in [2.75, 3.05) is 30.0 Å². The van der Waals surface area contributed by atoms with Crippen LogP contribution in [0, 0.1) is 0 Å². The van der Waals surface area contributed by atoms with Gasteiger partial charge in [0.25, 0.3) is 0 Å². The Morgan fingerprint density at radius 2 is 2.11 bits per heavy atom. The number of carbonyl (C=O) groups excluding carboxylic acids is 1. The number of hydrogen-bond donors (Lipinski definition) is 4. The van der Waals surface area contributed by atoms with Crippen LogP contribution in [0.5, 0.6) is 0 Å². The van der Waals surface area contributed by atoms with Crippen molar-refractivity contribution in [2.45, 2.75) is 32.7 Å². The van der Waals surface area contributed by atoms with Gasteiger partial charge in [0.15, 0.2) is 0 Å². The molecule has 7 nitrogen and oxygen atoms in total. The highest BCUT2D eigenvalue weighted by atomic mass is 16.1. The molecule has 0 fully saturated rings. The summed E-state index contributed by atoms with van der Waals surface area (Å²) < 4.78 is 0. The van der Waals surface area contributed by atoms with Crippen LogP contribution in [0.15, 0.2) is 6.07 Å². The number of hydrogen-bond acceptors (Lipinski definition) is 6. The molecule has 19 heavy (non-hydrogen) atoms. The van der Waals surface area contributed by atoms with Gasteiger partial charge in [0.2, 0.25) is 11.9 Å². The van der Waals surface area contributed by atoms with E-state index in [1.165, 1.54) is 0 Å². The summed E-state index contributed by atoms with van der Waals surface area (Å²) in [6.07, 6.45) is 1.32. The van der Waals surface area contributed by atoms with E-state index >= 15 is 0 Å². The van der Waals surface area contributed by atoms with E-state index < -0.39 is 0 Å². The SMILES string of the molecule is CCC(C)NC(=O)CCNc1cc(NC)nc(N)n1. The molecule has 0 aromatic carbocycles. The molecular formula is C12H22N6O. The lowest BCUT2D eigenvalue weighted by atomic mass is 10.2. The van der Waals surface area contributed by atoms with E-state index in [0.717, 1.165) is 6.42 Å². The Kier molecular flexibility index (Phi) is 5.84. The molecule has 106 valence electrons. The zero-order valence-corrected chi connectivity index (χ0v) is 11.7. The Morgan fingerprint density at radius 3 is 2.74 bits per heavy atom. The van der Waals surface area contributed by atoms with Crippen molar-refractivity contribution in [1.29, 1.82) is 0 Å². The highest BCUT2D eigenvalue weighted by Crippen LogP contribution is 2.11. The van der Waals surface area contributed by atoms with Crippen molar-refractivity contribution in [3.63, 3.8) is 0 Å². The first-order chi connectivity index (χ1) is 9.05.